The van der Waals surface area contributed by atoms with E-state index >= 15 is 0 Å². The van der Waals surface area contributed by atoms with Crippen molar-refractivity contribution in [3.63, 3.8) is 0 Å². The van der Waals surface area contributed by atoms with Gasteiger partial charge in [0, 0.05) is 12.1 Å². The molecule has 0 saturated heterocycles. The lowest BCUT2D eigenvalue weighted by Gasteiger charge is -2.16. The van der Waals surface area contributed by atoms with Gasteiger partial charge in [0.05, 0.1) is 26.9 Å². The molecule has 3 N–H and O–H groups in total. The molecular weight excluding hydrogens is 366 g/mol. The van der Waals surface area contributed by atoms with Gasteiger partial charge in [-0.15, -0.1) is 0 Å². The fourth-order valence-corrected chi connectivity index (χ4v) is 3.53. The molecule has 29 heavy (non-hydrogen) atoms. The van der Waals surface area contributed by atoms with Crippen molar-refractivity contribution >= 4 is 5.96 Å². The van der Waals surface area contributed by atoms with Crippen LogP contribution in [0.1, 0.15) is 36.8 Å². The highest BCUT2D eigenvalue weighted by atomic mass is 16.5. The first kappa shape index (κ1) is 20.8. The standard InChI is InChI=1S/C23H31N3O3/c1-27-21-12-11-17(15-22(21)28-2)13-14-25-23(24)26-16-18-7-3-6-10-20(18)29-19-8-4-5-9-19/h3,6-7,10-12,15,19H,4-5,8-9,13-14,16H2,1-2H3,(H3,24,25,26). The molecule has 2 aromatic carbocycles. The Morgan fingerprint density at radius 1 is 1.03 bits per heavy atom. The minimum atomic E-state index is 0.331. The summed E-state index contributed by atoms with van der Waals surface area (Å²) in [5.74, 6) is 2.80. The fourth-order valence-electron chi connectivity index (χ4n) is 3.53. The number of nitrogens with zero attached hydrogens (tertiary/aromatic N) is 1. The van der Waals surface area contributed by atoms with Gasteiger partial charge < -0.3 is 25.3 Å². The van der Waals surface area contributed by atoms with Crippen LogP contribution in [-0.2, 0) is 13.0 Å². The Bertz CT molecular complexity index is 817. The number of nitrogens with two attached hydrogens (primary N) is 1. The first-order chi connectivity index (χ1) is 14.2. The van der Waals surface area contributed by atoms with E-state index < -0.39 is 0 Å². The van der Waals surface area contributed by atoms with E-state index in [4.69, 9.17) is 19.9 Å². The number of hydrogen-bond donors (Lipinski definition) is 2. The second kappa shape index (κ2) is 10.6. The summed E-state index contributed by atoms with van der Waals surface area (Å²) in [5.41, 5.74) is 8.25. The van der Waals surface area contributed by atoms with Crippen LogP contribution in [0.3, 0.4) is 0 Å². The highest BCUT2D eigenvalue weighted by molar-refractivity contribution is 5.77. The summed E-state index contributed by atoms with van der Waals surface area (Å²) < 4.78 is 16.8. The van der Waals surface area contributed by atoms with E-state index in [0.29, 0.717) is 25.2 Å². The van der Waals surface area contributed by atoms with Crippen molar-refractivity contribution in [2.24, 2.45) is 10.7 Å². The molecule has 0 atom stereocenters. The number of rotatable bonds is 9. The van der Waals surface area contributed by atoms with Crippen molar-refractivity contribution in [1.82, 2.24) is 5.32 Å². The summed E-state index contributed by atoms with van der Waals surface area (Å²) in [6, 6.07) is 14.0. The molecule has 1 aliphatic rings. The molecule has 1 aliphatic carbocycles. The van der Waals surface area contributed by atoms with E-state index in [2.05, 4.69) is 10.3 Å². The molecule has 0 bridgehead atoms. The quantitative estimate of drug-likeness (QED) is 0.499. The first-order valence-corrected chi connectivity index (χ1v) is 10.2. The van der Waals surface area contributed by atoms with E-state index in [0.717, 1.165) is 47.6 Å². The number of ether oxygens (including phenoxy) is 3. The topological polar surface area (TPSA) is 78.1 Å². The van der Waals surface area contributed by atoms with Gasteiger partial charge in [0.15, 0.2) is 17.5 Å². The molecular formula is C23H31N3O3. The molecule has 0 unspecified atom stereocenters. The number of aliphatic imine (C=N–C) groups is 1. The number of benzene rings is 2. The molecule has 0 amide bonds. The third-order valence-corrected chi connectivity index (χ3v) is 5.16. The lowest BCUT2D eigenvalue weighted by atomic mass is 10.1. The van der Waals surface area contributed by atoms with Gasteiger partial charge in [-0.3, -0.25) is 0 Å². The van der Waals surface area contributed by atoms with Crippen LogP contribution in [0.4, 0.5) is 0 Å². The van der Waals surface area contributed by atoms with Gasteiger partial charge in [0.25, 0.3) is 0 Å². The molecule has 0 aliphatic heterocycles. The average Bonchev–Trinajstić information content (AvgIpc) is 3.26. The molecule has 6 nitrogen and oxygen atoms in total. The van der Waals surface area contributed by atoms with Crippen molar-refractivity contribution < 1.29 is 14.2 Å². The maximum Gasteiger partial charge on any atom is 0.188 e. The Kier molecular flexibility index (Phi) is 7.61. The molecule has 1 fully saturated rings. The lowest BCUT2D eigenvalue weighted by molar-refractivity contribution is 0.208. The molecule has 0 heterocycles. The monoisotopic (exact) mass is 397 g/mol. The van der Waals surface area contributed by atoms with Gasteiger partial charge in [-0.1, -0.05) is 24.3 Å². The Morgan fingerprint density at radius 3 is 2.55 bits per heavy atom. The number of guanidine groups is 1. The van der Waals surface area contributed by atoms with Crippen LogP contribution < -0.4 is 25.3 Å². The van der Waals surface area contributed by atoms with Crippen molar-refractivity contribution in [3.8, 4) is 17.2 Å². The summed E-state index contributed by atoms with van der Waals surface area (Å²) in [5, 5.41) is 3.17. The summed E-state index contributed by atoms with van der Waals surface area (Å²) >= 11 is 0. The average molecular weight is 398 g/mol. The van der Waals surface area contributed by atoms with E-state index in [1.165, 1.54) is 12.8 Å². The minimum absolute atomic E-state index is 0.331. The number of hydrogen-bond acceptors (Lipinski definition) is 4. The number of nitrogens with one attached hydrogen (secondary N) is 1. The van der Waals surface area contributed by atoms with Crippen molar-refractivity contribution in [3.05, 3.63) is 53.6 Å². The summed E-state index contributed by atoms with van der Waals surface area (Å²) in [4.78, 5) is 4.48. The van der Waals surface area contributed by atoms with E-state index in [-0.39, 0.29) is 0 Å². The molecule has 3 rings (SSSR count). The zero-order valence-corrected chi connectivity index (χ0v) is 17.3. The predicted octanol–water partition coefficient (Wildman–Crippen LogP) is 3.67. The molecule has 0 aromatic heterocycles. The third-order valence-electron chi connectivity index (χ3n) is 5.16. The van der Waals surface area contributed by atoms with Crippen LogP contribution in [0.2, 0.25) is 0 Å². The van der Waals surface area contributed by atoms with Crippen LogP contribution in [0.15, 0.2) is 47.5 Å². The van der Waals surface area contributed by atoms with Crippen molar-refractivity contribution in [2.45, 2.75) is 44.8 Å². The van der Waals surface area contributed by atoms with Gasteiger partial charge >= 0.3 is 0 Å². The maximum atomic E-state index is 6.17. The molecule has 1 saturated carbocycles. The van der Waals surface area contributed by atoms with Crippen LogP contribution in [0.5, 0.6) is 17.2 Å². The fraction of sp³-hybridized carbons (Fsp3) is 0.435. The molecule has 0 spiro atoms. The van der Waals surface area contributed by atoms with Gasteiger partial charge in [0.1, 0.15) is 5.75 Å². The molecule has 2 aromatic rings. The Hall–Kier alpha value is -2.89. The first-order valence-electron chi connectivity index (χ1n) is 10.2. The van der Waals surface area contributed by atoms with Gasteiger partial charge in [-0.2, -0.15) is 0 Å². The zero-order chi connectivity index (χ0) is 20.5. The Morgan fingerprint density at radius 2 is 1.79 bits per heavy atom. The van der Waals surface area contributed by atoms with Crippen LogP contribution in [-0.4, -0.2) is 32.8 Å². The van der Waals surface area contributed by atoms with Crippen molar-refractivity contribution in [2.75, 3.05) is 20.8 Å². The van der Waals surface area contributed by atoms with Gasteiger partial charge in [-0.05, 0) is 55.9 Å². The van der Waals surface area contributed by atoms with Crippen LogP contribution >= 0.6 is 0 Å². The zero-order valence-electron chi connectivity index (χ0n) is 17.3. The van der Waals surface area contributed by atoms with E-state index in [1.54, 1.807) is 14.2 Å². The molecule has 6 heteroatoms. The third kappa shape index (κ3) is 6.04. The summed E-state index contributed by atoms with van der Waals surface area (Å²) in [6.45, 7) is 1.18. The largest absolute Gasteiger partial charge is 0.493 e. The van der Waals surface area contributed by atoms with E-state index in [1.807, 2.05) is 42.5 Å². The van der Waals surface area contributed by atoms with Crippen molar-refractivity contribution in [1.29, 1.82) is 0 Å². The van der Waals surface area contributed by atoms with Gasteiger partial charge in [0.2, 0.25) is 0 Å². The minimum Gasteiger partial charge on any atom is -0.493 e. The molecule has 156 valence electrons. The maximum absolute atomic E-state index is 6.17. The van der Waals surface area contributed by atoms with Crippen LogP contribution in [0.25, 0.3) is 0 Å². The van der Waals surface area contributed by atoms with Crippen LogP contribution in [0, 0.1) is 0 Å². The molecule has 0 radical (unpaired) electrons. The van der Waals surface area contributed by atoms with Gasteiger partial charge in [-0.25, -0.2) is 4.99 Å². The SMILES string of the molecule is COc1ccc(CCNC(N)=NCc2ccccc2OC2CCCC2)cc1OC. The Labute approximate surface area is 173 Å². The second-order valence-corrected chi connectivity index (χ2v) is 7.20. The number of methoxy groups -OCH3 is 2. The van der Waals surface area contributed by atoms with E-state index in [9.17, 15) is 0 Å². The highest BCUT2D eigenvalue weighted by Gasteiger charge is 2.17. The summed E-state index contributed by atoms with van der Waals surface area (Å²) in [7, 11) is 3.27. The normalized spacial score (nSPS) is 14.6. The predicted molar refractivity (Wildman–Crippen MR) is 116 cm³/mol. The second-order valence-electron chi connectivity index (χ2n) is 7.20. The number of para-hydroxylation sites is 1. The summed E-state index contributed by atoms with van der Waals surface area (Å²) in [6.07, 6.45) is 5.91. The highest BCUT2D eigenvalue weighted by Crippen LogP contribution is 2.28. The smallest absolute Gasteiger partial charge is 0.188 e. The Balaban J connectivity index is 1.51. The lowest BCUT2D eigenvalue weighted by Crippen LogP contribution is -2.33.